The van der Waals surface area contributed by atoms with Gasteiger partial charge in [-0.05, 0) is 30.7 Å². The van der Waals surface area contributed by atoms with Crippen molar-refractivity contribution in [1.29, 1.82) is 0 Å². The molecule has 0 aromatic heterocycles. The van der Waals surface area contributed by atoms with Crippen LogP contribution in [-0.4, -0.2) is 38.3 Å². The number of nitrogens with zero attached hydrogens (tertiary/aromatic N) is 1. The molecule has 1 aromatic rings. The Bertz CT molecular complexity index is 421. The van der Waals surface area contributed by atoms with Gasteiger partial charge in [-0.25, -0.2) is 0 Å². The first-order valence-electron chi connectivity index (χ1n) is 6.90. The van der Waals surface area contributed by atoms with E-state index in [0.29, 0.717) is 19.1 Å². The second kappa shape index (κ2) is 6.26. The molecule has 0 bridgehead atoms. The molecule has 1 heterocycles. The van der Waals surface area contributed by atoms with Crippen molar-refractivity contribution in [3.8, 4) is 11.5 Å². The number of fused-ring (bicyclic) bond motifs is 1. The van der Waals surface area contributed by atoms with E-state index in [1.807, 2.05) is 18.2 Å². The van der Waals surface area contributed by atoms with Crippen molar-refractivity contribution in [3.05, 3.63) is 23.8 Å². The van der Waals surface area contributed by atoms with Crippen LogP contribution in [0.15, 0.2) is 18.2 Å². The number of benzene rings is 1. The normalized spacial score (nSPS) is 15.9. The molecule has 0 saturated heterocycles. The first-order valence-corrected chi connectivity index (χ1v) is 6.90. The first-order chi connectivity index (χ1) is 9.06. The quantitative estimate of drug-likeness (QED) is 0.884. The van der Waals surface area contributed by atoms with Crippen LogP contribution in [-0.2, 0) is 0 Å². The number of ether oxygens (including phenoxy) is 2. The van der Waals surface area contributed by atoms with Gasteiger partial charge in [-0.1, -0.05) is 19.9 Å². The molecule has 4 nitrogen and oxygen atoms in total. The molecular formula is C15H24N2O2. The molecule has 4 heteroatoms. The molecule has 1 aliphatic heterocycles. The van der Waals surface area contributed by atoms with Gasteiger partial charge in [0.25, 0.3) is 0 Å². The van der Waals surface area contributed by atoms with Crippen molar-refractivity contribution in [3.63, 3.8) is 0 Å². The molecule has 19 heavy (non-hydrogen) atoms. The first kappa shape index (κ1) is 14.2. The van der Waals surface area contributed by atoms with E-state index in [0.717, 1.165) is 30.2 Å². The van der Waals surface area contributed by atoms with Crippen molar-refractivity contribution >= 4 is 0 Å². The van der Waals surface area contributed by atoms with Crippen molar-refractivity contribution in [2.75, 3.05) is 33.4 Å². The molecular weight excluding hydrogens is 240 g/mol. The standard InChI is InChI=1S/C15H24N2O2/c1-11(2)9-17(3)10-13(16)12-4-5-14-15(8-12)19-7-6-18-14/h4-5,8,11,13H,6-7,9-10,16H2,1-3H3. The highest BCUT2D eigenvalue weighted by Gasteiger charge is 2.16. The van der Waals surface area contributed by atoms with E-state index < -0.39 is 0 Å². The summed E-state index contributed by atoms with van der Waals surface area (Å²) in [4.78, 5) is 2.27. The summed E-state index contributed by atoms with van der Waals surface area (Å²) in [6.45, 7) is 7.56. The van der Waals surface area contributed by atoms with Gasteiger partial charge in [0, 0.05) is 19.1 Å². The summed E-state index contributed by atoms with van der Waals surface area (Å²) in [6.07, 6.45) is 0. The smallest absolute Gasteiger partial charge is 0.161 e. The molecule has 0 aliphatic carbocycles. The molecule has 1 unspecified atom stereocenters. The lowest BCUT2D eigenvalue weighted by Crippen LogP contribution is -2.31. The summed E-state index contributed by atoms with van der Waals surface area (Å²) in [5, 5.41) is 0. The van der Waals surface area contributed by atoms with Gasteiger partial charge in [0.05, 0.1) is 0 Å². The van der Waals surface area contributed by atoms with Crippen LogP contribution in [0.4, 0.5) is 0 Å². The SMILES string of the molecule is CC(C)CN(C)CC(N)c1ccc2c(c1)OCCO2. The Kier molecular flexibility index (Phi) is 4.66. The zero-order valence-corrected chi connectivity index (χ0v) is 12.1. The predicted molar refractivity (Wildman–Crippen MR) is 76.7 cm³/mol. The Morgan fingerprint density at radius 2 is 1.84 bits per heavy atom. The Labute approximate surface area is 115 Å². The van der Waals surface area contributed by atoms with Crippen LogP contribution in [0.25, 0.3) is 0 Å². The zero-order chi connectivity index (χ0) is 13.8. The highest BCUT2D eigenvalue weighted by molar-refractivity contribution is 5.44. The fourth-order valence-electron chi connectivity index (χ4n) is 2.43. The van der Waals surface area contributed by atoms with Gasteiger partial charge >= 0.3 is 0 Å². The Balaban J connectivity index is 2.00. The van der Waals surface area contributed by atoms with Crippen molar-refractivity contribution < 1.29 is 9.47 Å². The Hall–Kier alpha value is -1.26. The third kappa shape index (κ3) is 3.85. The molecule has 1 atom stereocenters. The predicted octanol–water partition coefficient (Wildman–Crippen LogP) is 2.05. The maximum Gasteiger partial charge on any atom is 0.161 e. The minimum absolute atomic E-state index is 0.000392. The van der Waals surface area contributed by atoms with E-state index in [-0.39, 0.29) is 6.04 Å². The van der Waals surface area contributed by atoms with Gasteiger partial charge < -0.3 is 20.1 Å². The van der Waals surface area contributed by atoms with Crippen molar-refractivity contribution in [2.24, 2.45) is 11.7 Å². The average Bonchev–Trinajstić information content (AvgIpc) is 2.37. The van der Waals surface area contributed by atoms with E-state index in [2.05, 4.69) is 25.8 Å². The monoisotopic (exact) mass is 264 g/mol. The van der Waals surface area contributed by atoms with Crippen LogP contribution in [0.5, 0.6) is 11.5 Å². The number of nitrogens with two attached hydrogens (primary N) is 1. The fraction of sp³-hybridized carbons (Fsp3) is 0.600. The van der Waals surface area contributed by atoms with E-state index in [9.17, 15) is 0 Å². The van der Waals surface area contributed by atoms with Crippen LogP contribution in [0.3, 0.4) is 0 Å². The molecule has 1 aliphatic rings. The van der Waals surface area contributed by atoms with Gasteiger partial charge in [-0.2, -0.15) is 0 Å². The Morgan fingerprint density at radius 1 is 1.16 bits per heavy atom. The third-order valence-electron chi connectivity index (χ3n) is 3.18. The highest BCUT2D eigenvalue weighted by Crippen LogP contribution is 2.32. The molecule has 0 radical (unpaired) electrons. The molecule has 0 spiro atoms. The van der Waals surface area contributed by atoms with Gasteiger partial charge in [-0.15, -0.1) is 0 Å². The lowest BCUT2D eigenvalue weighted by molar-refractivity contribution is 0.171. The Morgan fingerprint density at radius 3 is 2.53 bits per heavy atom. The third-order valence-corrected chi connectivity index (χ3v) is 3.18. The topological polar surface area (TPSA) is 47.7 Å². The maximum absolute atomic E-state index is 6.27. The van der Waals surface area contributed by atoms with Crippen LogP contribution in [0.1, 0.15) is 25.5 Å². The number of rotatable bonds is 5. The summed E-state index contributed by atoms with van der Waals surface area (Å²) in [7, 11) is 2.11. The van der Waals surface area contributed by atoms with Crippen LogP contribution in [0, 0.1) is 5.92 Å². The highest BCUT2D eigenvalue weighted by atomic mass is 16.6. The molecule has 0 amide bonds. The van der Waals surface area contributed by atoms with Crippen LogP contribution < -0.4 is 15.2 Å². The zero-order valence-electron chi connectivity index (χ0n) is 12.1. The van der Waals surface area contributed by atoms with Crippen molar-refractivity contribution in [2.45, 2.75) is 19.9 Å². The molecule has 2 N–H and O–H groups in total. The minimum atomic E-state index is -0.000392. The molecule has 2 rings (SSSR count). The van der Waals surface area contributed by atoms with Gasteiger partial charge in [-0.3, -0.25) is 0 Å². The second-order valence-electron chi connectivity index (χ2n) is 5.62. The molecule has 106 valence electrons. The summed E-state index contributed by atoms with van der Waals surface area (Å²) in [5.74, 6) is 2.28. The van der Waals surface area contributed by atoms with E-state index in [1.54, 1.807) is 0 Å². The van der Waals surface area contributed by atoms with Crippen molar-refractivity contribution in [1.82, 2.24) is 4.90 Å². The summed E-state index contributed by atoms with van der Waals surface area (Å²) in [6, 6.07) is 5.98. The van der Waals surface area contributed by atoms with E-state index in [1.165, 1.54) is 0 Å². The summed E-state index contributed by atoms with van der Waals surface area (Å²) < 4.78 is 11.1. The van der Waals surface area contributed by atoms with Gasteiger partial charge in [0.2, 0.25) is 0 Å². The van der Waals surface area contributed by atoms with Crippen LogP contribution >= 0.6 is 0 Å². The van der Waals surface area contributed by atoms with Crippen LogP contribution in [0.2, 0.25) is 0 Å². The van der Waals surface area contributed by atoms with Gasteiger partial charge in [0.15, 0.2) is 11.5 Å². The number of hydrogen-bond acceptors (Lipinski definition) is 4. The molecule has 1 aromatic carbocycles. The fourth-order valence-corrected chi connectivity index (χ4v) is 2.43. The van der Waals surface area contributed by atoms with Gasteiger partial charge in [0.1, 0.15) is 13.2 Å². The molecule has 0 saturated carbocycles. The second-order valence-corrected chi connectivity index (χ2v) is 5.62. The lowest BCUT2D eigenvalue weighted by Gasteiger charge is -2.24. The maximum atomic E-state index is 6.27. The number of hydrogen-bond donors (Lipinski definition) is 1. The van der Waals surface area contributed by atoms with E-state index >= 15 is 0 Å². The summed E-state index contributed by atoms with van der Waals surface area (Å²) >= 11 is 0. The lowest BCUT2D eigenvalue weighted by atomic mass is 10.1. The summed E-state index contributed by atoms with van der Waals surface area (Å²) in [5.41, 5.74) is 7.36. The van der Waals surface area contributed by atoms with E-state index in [4.69, 9.17) is 15.2 Å². The molecule has 0 fully saturated rings. The average molecular weight is 264 g/mol. The minimum Gasteiger partial charge on any atom is -0.486 e. The largest absolute Gasteiger partial charge is 0.486 e. The number of likely N-dealkylation sites (N-methyl/N-ethyl adjacent to an activating group) is 1.